The van der Waals surface area contributed by atoms with Crippen LogP contribution in [0.5, 0.6) is 0 Å². The largest absolute Gasteiger partial charge is 0.465 e. The molecule has 0 aromatic carbocycles. The summed E-state index contributed by atoms with van der Waals surface area (Å²) in [4.78, 5) is 21.2. The summed E-state index contributed by atoms with van der Waals surface area (Å²) >= 11 is 7.01. The minimum Gasteiger partial charge on any atom is -0.465 e. The summed E-state index contributed by atoms with van der Waals surface area (Å²) in [6.45, 7) is 6.62. The third kappa shape index (κ3) is 5.03. The van der Waals surface area contributed by atoms with Gasteiger partial charge in [-0.1, -0.05) is 0 Å². The van der Waals surface area contributed by atoms with Crippen molar-refractivity contribution in [2.24, 2.45) is 0 Å². The van der Waals surface area contributed by atoms with Crippen molar-refractivity contribution in [3.8, 4) is 0 Å². The summed E-state index contributed by atoms with van der Waals surface area (Å²) in [6.07, 6.45) is 4.71. The van der Waals surface area contributed by atoms with Gasteiger partial charge in [0.2, 0.25) is 0 Å². The average Bonchev–Trinajstić information content (AvgIpc) is 2.89. The number of thiophene rings is 1. The minimum absolute atomic E-state index is 0.335. The number of methoxy groups -OCH3 is 1. The van der Waals surface area contributed by atoms with Crippen LogP contribution in [-0.2, 0) is 11.3 Å². The lowest BCUT2D eigenvalue weighted by atomic mass is 10.2. The topological polar surface area (TPSA) is 57.7 Å². The maximum Gasteiger partial charge on any atom is 0.350 e. The molecular weight excluding hydrogens is 380 g/mol. The number of aromatic nitrogens is 1. The number of rotatable bonds is 4. The SMILES string of the molecule is COC(=O)c1scc(C)c1NC(=S)N1CCCN(Cc2ccncc2)CC1. The van der Waals surface area contributed by atoms with Crippen LogP contribution in [0.4, 0.5) is 5.69 Å². The van der Waals surface area contributed by atoms with Gasteiger partial charge < -0.3 is 15.0 Å². The Kier molecular flexibility index (Phi) is 6.76. The molecule has 8 heteroatoms. The first-order chi connectivity index (χ1) is 13.1. The summed E-state index contributed by atoms with van der Waals surface area (Å²) < 4.78 is 4.87. The number of nitrogens with one attached hydrogen (secondary N) is 1. The van der Waals surface area contributed by atoms with Crippen molar-refractivity contribution < 1.29 is 9.53 Å². The van der Waals surface area contributed by atoms with Crippen LogP contribution in [0.15, 0.2) is 29.9 Å². The van der Waals surface area contributed by atoms with Gasteiger partial charge in [-0.15, -0.1) is 11.3 Å². The second-order valence-electron chi connectivity index (χ2n) is 6.52. The number of hydrogen-bond acceptors (Lipinski definition) is 6. The smallest absolute Gasteiger partial charge is 0.350 e. The lowest BCUT2D eigenvalue weighted by Gasteiger charge is -2.25. The minimum atomic E-state index is -0.335. The molecule has 0 radical (unpaired) electrons. The Morgan fingerprint density at radius 3 is 2.81 bits per heavy atom. The van der Waals surface area contributed by atoms with Crippen LogP contribution in [0.1, 0.15) is 27.2 Å². The molecule has 27 heavy (non-hydrogen) atoms. The Bertz CT molecular complexity index is 794. The molecule has 1 N–H and O–H groups in total. The standard InChI is InChI=1S/C19H24N4O2S2/c1-14-13-27-17(18(24)25-2)16(14)21-19(26)23-9-3-8-22(10-11-23)12-15-4-6-20-7-5-15/h4-7,13H,3,8-12H2,1-2H3,(H,21,26). The van der Waals surface area contributed by atoms with E-state index in [0.717, 1.165) is 50.4 Å². The van der Waals surface area contributed by atoms with Gasteiger partial charge in [0.25, 0.3) is 0 Å². The molecule has 1 aliphatic rings. The predicted octanol–water partition coefficient (Wildman–Crippen LogP) is 3.14. The Morgan fingerprint density at radius 2 is 2.07 bits per heavy atom. The van der Waals surface area contributed by atoms with Crippen molar-refractivity contribution >= 4 is 40.3 Å². The van der Waals surface area contributed by atoms with Crippen molar-refractivity contribution in [3.63, 3.8) is 0 Å². The fraction of sp³-hybridized carbons (Fsp3) is 0.421. The third-order valence-corrected chi connectivity index (χ3v) is 6.05. The molecule has 0 saturated carbocycles. The van der Waals surface area contributed by atoms with E-state index in [9.17, 15) is 4.79 Å². The second-order valence-corrected chi connectivity index (χ2v) is 7.78. The highest BCUT2D eigenvalue weighted by molar-refractivity contribution is 7.80. The Hall–Kier alpha value is -2.03. The zero-order valence-electron chi connectivity index (χ0n) is 15.6. The zero-order valence-corrected chi connectivity index (χ0v) is 17.2. The van der Waals surface area contributed by atoms with E-state index in [1.54, 1.807) is 0 Å². The van der Waals surface area contributed by atoms with Crippen LogP contribution >= 0.6 is 23.6 Å². The van der Waals surface area contributed by atoms with Crippen molar-refractivity contribution in [1.29, 1.82) is 0 Å². The number of ether oxygens (including phenoxy) is 1. The summed E-state index contributed by atoms with van der Waals surface area (Å²) in [7, 11) is 1.39. The lowest BCUT2D eigenvalue weighted by molar-refractivity contribution is 0.0607. The van der Waals surface area contributed by atoms with E-state index in [2.05, 4.69) is 32.2 Å². The number of hydrogen-bond donors (Lipinski definition) is 1. The van der Waals surface area contributed by atoms with Gasteiger partial charge in [0.1, 0.15) is 4.88 Å². The number of thiocarbonyl (C=S) groups is 1. The molecule has 1 aliphatic heterocycles. The maximum absolute atomic E-state index is 12.0. The first-order valence-electron chi connectivity index (χ1n) is 8.92. The van der Waals surface area contributed by atoms with Crippen molar-refractivity contribution in [2.75, 3.05) is 38.6 Å². The molecule has 6 nitrogen and oxygen atoms in total. The first-order valence-corrected chi connectivity index (χ1v) is 10.2. The van der Waals surface area contributed by atoms with E-state index in [4.69, 9.17) is 17.0 Å². The van der Waals surface area contributed by atoms with Crippen molar-refractivity contribution in [1.82, 2.24) is 14.8 Å². The maximum atomic E-state index is 12.0. The molecule has 0 atom stereocenters. The number of anilines is 1. The molecule has 0 aliphatic carbocycles. The molecule has 2 aromatic rings. The van der Waals surface area contributed by atoms with Crippen LogP contribution in [0.3, 0.4) is 0 Å². The van der Waals surface area contributed by atoms with Gasteiger partial charge >= 0.3 is 5.97 Å². The fourth-order valence-corrected chi connectivity index (χ4v) is 4.31. The Morgan fingerprint density at radius 1 is 1.30 bits per heavy atom. The molecule has 144 valence electrons. The molecule has 1 fully saturated rings. The molecule has 0 spiro atoms. The van der Waals surface area contributed by atoms with Gasteiger partial charge in [-0.25, -0.2) is 4.79 Å². The predicted molar refractivity (Wildman–Crippen MR) is 112 cm³/mol. The van der Waals surface area contributed by atoms with Gasteiger partial charge in [0.05, 0.1) is 12.8 Å². The molecule has 3 heterocycles. The van der Waals surface area contributed by atoms with Crippen LogP contribution in [0.2, 0.25) is 0 Å². The van der Waals surface area contributed by atoms with E-state index in [1.165, 1.54) is 24.0 Å². The molecule has 3 rings (SSSR count). The monoisotopic (exact) mass is 404 g/mol. The number of carbonyl (C=O) groups excluding carboxylic acids is 1. The third-order valence-electron chi connectivity index (χ3n) is 4.61. The molecular formula is C19H24N4O2S2. The van der Waals surface area contributed by atoms with Gasteiger partial charge in [-0.2, -0.15) is 0 Å². The van der Waals surface area contributed by atoms with Gasteiger partial charge in [0, 0.05) is 45.1 Å². The molecule has 2 aromatic heterocycles. The van der Waals surface area contributed by atoms with E-state index in [-0.39, 0.29) is 5.97 Å². The van der Waals surface area contributed by atoms with E-state index in [0.29, 0.717) is 9.99 Å². The van der Waals surface area contributed by atoms with Gasteiger partial charge in [-0.05, 0) is 54.2 Å². The molecule has 1 saturated heterocycles. The normalized spacial score (nSPS) is 15.3. The van der Waals surface area contributed by atoms with Crippen LogP contribution in [-0.4, -0.2) is 59.2 Å². The van der Waals surface area contributed by atoms with Crippen LogP contribution in [0.25, 0.3) is 0 Å². The summed E-state index contributed by atoms with van der Waals surface area (Å²) in [5, 5.41) is 5.88. The molecule has 0 bridgehead atoms. The van der Waals surface area contributed by atoms with Gasteiger partial charge in [0.15, 0.2) is 5.11 Å². The fourth-order valence-electron chi connectivity index (χ4n) is 3.11. The van der Waals surface area contributed by atoms with E-state index in [1.807, 2.05) is 24.7 Å². The van der Waals surface area contributed by atoms with Crippen molar-refractivity contribution in [2.45, 2.75) is 19.9 Å². The van der Waals surface area contributed by atoms with Crippen molar-refractivity contribution in [3.05, 3.63) is 45.9 Å². The molecule has 0 unspecified atom stereocenters. The quantitative estimate of drug-likeness (QED) is 0.620. The number of carbonyl (C=O) groups is 1. The summed E-state index contributed by atoms with van der Waals surface area (Å²) in [5.41, 5.74) is 3.03. The van der Waals surface area contributed by atoms with Crippen LogP contribution < -0.4 is 5.32 Å². The number of esters is 1. The van der Waals surface area contributed by atoms with Crippen LogP contribution in [0, 0.1) is 6.92 Å². The van der Waals surface area contributed by atoms with E-state index >= 15 is 0 Å². The highest BCUT2D eigenvalue weighted by atomic mass is 32.1. The number of aryl methyl sites for hydroxylation is 1. The lowest BCUT2D eigenvalue weighted by Crippen LogP contribution is -2.38. The summed E-state index contributed by atoms with van der Waals surface area (Å²) in [5.74, 6) is -0.335. The average molecular weight is 405 g/mol. The number of nitrogens with zero attached hydrogens (tertiary/aromatic N) is 3. The highest BCUT2D eigenvalue weighted by Gasteiger charge is 2.21. The first kappa shape index (κ1) is 19.7. The zero-order chi connectivity index (χ0) is 19.2. The second kappa shape index (κ2) is 9.25. The summed E-state index contributed by atoms with van der Waals surface area (Å²) in [6, 6.07) is 4.12. The van der Waals surface area contributed by atoms with Gasteiger partial charge in [-0.3, -0.25) is 9.88 Å². The number of pyridine rings is 1. The Balaban J connectivity index is 1.60. The van der Waals surface area contributed by atoms with E-state index < -0.39 is 0 Å². The molecule has 0 amide bonds. The Labute approximate surface area is 169 Å². The highest BCUT2D eigenvalue weighted by Crippen LogP contribution is 2.28.